The summed E-state index contributed by atoms with van der Waals surface area (Å²) in [5, 5.41) is 3.43. The van der Waals surface area contributed by atoms with Crippen molar-refractivity contribution in [1.29, 1.82) is 0 Å². The molecule has 3 N–H and O–H groups in total. The van der Waals surface area contributed by atoms with Crippen molar-refractivity contribution < 1.29 is 4.79 Å². The Morgan fingerprint density at radius 2 is 1.76 bits per heavy atom. The van der Waals surface area contributed by atoms with Gasteiger partial charge in [0.2, 0.25) is 0 Å². The van der Waals surface area contributed by atoms with Crippen LogP contribution in [0.4, 0.5) is 11.4 Å². The highest BCUT2D eigenvalue weighted by Crippen LogP contribution is 2.45. The van der Waals surface area contributed by atoms with Crippen LogP contribution in [0.15, 0.2) is 72.8 Å². The Balaban J connectivity index is 1.31. The summed E-state index contributed by atoms with van der Waals surface area (Å²) < 4.78 is 0. The average molecular weight is 438 g/mol. The molecule has 0 bridgehead atoms. The predicted octanol–water partition coefficient (Wildman–Crippen LogP) is 5.05. The second-order valence-electron chi connectivity index (χ2n) is 9.09. The summed E-state index contributed by atoms with van der Waals surface area (Å²) in [6.45, 7) is 4.18. The molecule has 4 heteroatoms. The molecule has 0 aromatic heterocycles. The third-order valence-electron chi connectivity index (χ3n) is 6.60. The minimum absolute atomic E-state index is 0.0612. The molecule has 168 valence electrons. The number of hydrogen-bond donors (Lipinski definition) is 2. The fourth-order valence-electron chi connectivity index (χ4n) is 4.60. The Morgan fingerprint density at radius 1 is 0.970 bits per heavy atom. The minimum atomic E-state index is 0.0612. The maximum atomic E-state index is 12.8. The molecule has 1 saturated heterocycles. The summed E-state index contributed by atoms with van der Waals surface area (Å²) in [6, 6.07) is 22.8. The fourth-order valence-corrected chi connectivity index (χ4v) is 4.60. The molecule has 2 aliphatic rings. The summed E-state index contributed by atoms with van der Waals surface area (Å²) in [6.07, 6.45) is 6.49. The van der Waals surface area contributed by atoms with Gasteiger partial charge in [-0.15, -0.1) is 0 Å². The van der Waals surface area contributed by atoms with Gasteiger partial charge in [0.25, 0.3) is 0 Å². The topological polar surface area (TPSA) is 58.4 Å². The van der Waals surface area contributed by atoms with Crippen molar-refractivity contribution in [3.8, 4) is 11.1 Å². The van der Waals surface area contributed by atoms with E-state index in [1.807, 2.05) is 42.5 Å². The highest BCUT2D eigenvalue weighted by Gasteiger charge is 2.28. The first-order valence-corrected chi connectivity index (χ1v) is 11.9. The number of ketones is 1. The van der Waals surface area contributed by atoms with Crippen LogP contribution in [0.25, 0.3) is 17.2 Å². The lowest BCUT2D eigenvalue weighted by Crippen LogP contribution is -2.43. The molecule has 33 heavy (non-hydrogen) atoms. The standard InChI is InChI=1S/C29H31N3O/c30-28-12-10-24(22-4-2-1-3-5-22)19-25(28)20-26(33)11-6-21-7-13-29(27(18-21)23-8-9-23)32-16-14-31-15-17-32/h1-7,10-13,18-19,23,31H,8-9,14-17,20,30H2/b11-6+. The number of benzene rings is 3. The van der Waals surface area contributed by atoms with Gasteiger partial charge < -0.3 is 16.0 Å². The van der Waals surface area contributed by atoms with E-state index in [1.165, 1.54) is 24.1 Å². The number of nitrogens with two attached hydrogens (primary N) is 1. The van der Waals surface area contributed by atoms with Crippen molar-refractivity contribution in [2.75, 3.05) is 36.8 Å². The minimum Gasteiger partial charge on any atom is -0.398 e. The lowest BCUT2D eigenvalue weighted by molar-refractivity contribution is -0.113. The molecule has 1 aliphatic carbocycles. The van der Waals surface area contributed by atoms with E-state index >= 15 is 0 Å². The molecular formula is C29H31N3O. The van der Waals surface area contributed by atoms with Crippen LogP contribution in [0.1, 0.15) is 35.4 Å². The predicted molar refractivity (Wildman–Crippen MR) is 138 cm³/mol. The summed E-state index contributed by atoms with van der Waals surface area (Å²) in [7, 11) is 0. The number of carbonyl (C=O) groups excluding carboxylic acids is 1. The molecule has 0 unspecified atom stereocenters. The van der Waals surface area contributed by atoms with Crippen LogP contribution >= 0.6 is 0 Å². The molecule has 1 heterocycles. The fraction of sp³-hybridized carbons (Fsp3) is 0.276. The number of allylic oxidation sites excluding steroid dienone is 1. The number of nitrogen functional groups attached to an aromatic ring is 1. The van der Waals surface area contributed by atoms with E-state index in [4.69, 9.17) is 5.73 Å². The second-order valence-corrected chi connectivity index (χ2v) is 9.09. The van der Waals surface area contributed by atoms with Gasteiger partial charge in [0.05, 0.1) is 0 Å². The zero-order valence-corrected chi connectivity index (χ0v) is 19.0. The van der Waals surface area contributed by atoms with Gasteiger partial charge in [-0.25, -0.2) is 0 Å². The summed E-state index contributed by atoms with van der Waals surface area (Å²) in [5.41, 5.74) is 13.8. The summed E-state index contributed by atoms with van der Waals surface area (Å²) >= 11 is 0. The monoisotopic (exact) mass is 437 g/mol. The molecule has 1 saturated carbocycles. The zero-order valence-electron chi connectivity index (χ0n) is 19.0. The van der Waals surface area contributed by atoms with Gasteiger partial charge in [0.1, 0.15) is 0 Å². The number of hydrogen-bond acceptors (Lipinski definition) is 4. The van der Waals surface area contributed by atoms with Crippen LogP contribution in [-0.4, -0.2) is 32.0 Å². The molecule has 0 spiro atoms. The Labute approximate surface area is 196 Å². The van der Waals surface area contributed by atoms with E-state index in [1.54, 1.807) is 6.08 Å². The third-order valence-corrected chi connectivity index (χ3v) is 6.60. The first-order chi connectivity index (χ1) is 16.2. The van der Waals surface area contributed by atoms with Gasteiger partial charge in [0.15, 0.2) is 5.78 Å². The Kier molecular flexibility index (Phi) is 6.27. The molecule has 4 nitrogen and oxygen atoms in total. The maximum Gasteiger partial charge on any atom is 0.160 e. The molecule has 3 aromatic carbocycles. The third kappa shape index (κ3) is 5.18. The lowest BCUT2D eigenvalue weighted by Gasteiger charge is -2.31. The van der Waals surface area contributed by atoms with Gasteiger partial charge in [-0.05, 0) is 76.9 Å². The number of rotatable bonds is 7. The number of anilines is 2. The molecule has 0 atom stereocenters. The lowest BCUT2D eigenvalue weighted by atomic mass is 9.98. The number of nitrogens with zero attached hydrogens (tertiary/aromatic N) is 1. The van der Waals surface area contributed by atoms with E-state index in [2.05, 4.69) is 40.5 Å². The molecule has 0 radical (unpaired) electrons. The highest BCUT2D eigenvalue weighted by atomic mass is 16.1. The molecule has 0 amide bonds. The Morgan fingerprint density at radius 3 is 2.52 bits per heavy atom. The Bertz CT molecular complexity index is 1160. The number of nitrogens with one attached hydrogen (secondary N) is 1. The van der Waals surface area contributed by atoms with Crippen molar-refractivity contribution in [3.63, 3.8) is 0 Å². The van der Waals surface area contributed by atoms with E-state index in [-0.39, 0.29) is 5.78 Å². The largest absolute Gasteiger partial charge is 0.398 e. The summed E-state index contributed by atoms with van der Waals surface area (Å²) in [4.78, 5) is 15.3. The van der Waals surface area contributed by atoms with E-state index in [9.17, 15) is 4.79 Å². The normalized spacial score (nSPS) is 16.3. The van der Waals surface area contributed by atoms with Crippen molar-refractivity contribution in [2.24, 2.45) is 0 Å². The molecule has 3 aromatic rings. The average Bonchev–Trinajstić information content (AvgIpc) is 3.71. The first kappa shape index (κ1) is 21.5. The maximum absolute atomic E-state index is 12.8. The van der Waals surface area contributed by atoms with Crippen molar-refractivity contribution in [2.45, 2.75) is 25.2 Å². The SMILES string of the molecule is Nc1ccc(-c2ccccc2)cc1CC(=O)/C=C/c1ccc(N2CCNCC2)c(C2CC2)c1. The van der Waals surface area contributed by atoms with Crippen molar-refractivity contribution >= 4 is 23.2 Å². The van der Waals surface area contributed by atoms with Crippen LogP contribution in [0.5, 0.6) is 0 Å². The number of piperazine rings is 1. The van der Waals surface area contributed by atoms with Crippen LogP contribution in [-0.2, 0) is 11.2 Å². The van der Waals surface area contributed by atoms with Crippen LogP contribution in [0.3, 0.4) is 0 Å². The smallest absolute Gasteiger partial charge is 0.160 e. The van der Waals surface area contributed by atoms with Crippen LogP contribution in [0.2, 0.25) is 0 Å². The molecule has 1 aliphatic heterocycles. The molecular weight excluding hydrogens is 406 g/mol. The van der Waals surface area contributed by atoms with Gasteiger partial charge in [-0.1, -0.05) is 48.5 Å². The first-order valence-electron chi connectivity index (χ1n) is 11.9. The van der Waals surface area contributed by atoms with Gasteiger partial charge in [-0.3, -0.25) is 4.79 Å². The van der Waals surface area contributed by atoms with Crippen molar-refractivity contribution in [1.82, 2.24) is 5.32 Å². The Hall–Kier alpha value is -3.37. The van der Waals surface area contributed by atoms with Gasteiger partial charge in [-0.2, -0.15) is 0 Å². The van der Waals surface area contributed by atoms with Crippen LogP contribution in [0, 0.1) is 0 Å². The van der Waals surface area contributed by atoms with E-state index < -0.39 is 0 Å². The van der Waals surface area contributed by atoms with E-state index in [0.717, 1.165) is 48.4 Å². The van der Waals surface area contributed by atoms with Crippen molar-refractivity contribution in [3.05, 3.63) is 89.5 Å². The summed E-state index contributed by atoms with van der Waals surface area (Å²) in [5.74, 6) is 0.727. The number of carbonyl (C=O) groups is 1. The second kappa shape index (κ2) is 9.63. The zero-order chi connectivity index (χ0) is 22.6. The quantitative estimate of drug-likeness (QED) is 0.401. The van der Waals surface area contributed by atoms with E-state index in [0.29, 0.717) is 18.0 Å². The molecule has 2 fully saturated rings. The van der Waals surface area contributed by atoms with Crippen LogP contribution < -0.4 is 16.0 Å². The molecule has 5 rings (SSSR count). The van der Waals surface area contributed by atoms with Gasteiger partial charge in [0, 0.05) is 44.0 Å². The van der Waals surface area contributed by atoms with Gasteiger partial charge >= 0.3 is 0 Å². The highest BCUT2D eigenvalue weighted by molar-refractivity contribution is 5.96.